The van der Waals surface area contributed by atoms with E-state index in [1.165, 1.54) is 0 Å². The second kappa shape index (κ2) is 6.65. The molecule has 0 aromatic heterocycles. The lowest BCUT2D eigenvalue weighted by atomic mass is 9.88. The van der Waals surface area contributed by atoms with Crippen molar-refractivity contribution in [3.05, 3.63) is 65.7 Å². The van der Waals surface area contributed by atoms with Crippen molar-refractivity contribution in [2.24, 2.45) is 5.92 Å². The zero-order valence-electron chi connectivity index (χ0n) is 14.2. The van der Waals surface area contributed by atoms with Crippen LogP contribution in [0.1, 0.15) is 28.8 Å². The van der Waals surface area contributed by atoms with Crippen LogP contribution in [0.4, 0.5) is 5.69 Å². The summed E-state index contributed by atoms with van der Waals surface area (Å²) in [5.41, 5.74) is 1.46. The number of hydrogen-bond donors (Lipinski definition) is 2. The molecular formula is C20H24N2O2. The molecule has 1 atom stereocenters. The van der Waals surface area contributed by atoms with E-state index in [1.807, 2.05) is 67.5 Å². The molecule has 2 aromatic carbocycles. The quantitative estimate of drug-likeness (QED) is 0.859. The summed E-state index contributed by atoms with van der Waals surface area (Å²) in [6, 6.07) is 17.1. The summed E-state index contributed by atoms with van der Waals surface area (Å²) >= 11 is 0. The highest BCUT2D eigenvalue weighted by atomic mass is 16.3. The molecule has 2 aromatic rings. The summed E-state index contributed by atoms with van der Waals surface area (Å²) in [6.45, 7) is 0.229. The van der Waals surface area contributed by atoms with Gasteiger partial charge in [0.15, 0.2) is 0 Å². The zero-order chi connectivity index (χ0) is 17.2. The molecule has 1 saturated carbocycles. The van der Waals surface area contributed by atoms with Crippen LogP contribution in [0.5, 0.6) is 0 Å². The third-order valence-corrected chi connectivity index (χ3v) is 4.67. The number of hydrogen-bond acceptors (Lipinski definition) is 3. The molecule has 0 heterocycles. The molecule has 3 rings (SSSR count). The highest BCUT2D eigenvalue weighted by Gasteiger charge is 2.45. The number of rotatable bonds is 6. The van der Waals surface area contributed by atoms with Crippen LogP contribution < -0.4 is 10.2 Å². The van der Waals surface area contributed by atoms with Crippen molar-refractivity contribution in [3.8, 4) is 0 Å². The number of nitrogens with one attached hydrogen (secondary N) is 1. The molecule has 0 aliphatic heterocycles. The summed E-state index contributed by atoms with van der Waals surface area (Å²) in [6.07, 6.45) is 1.99. The SMILES string of the molecule is CN(C)c1cccc(C(=O)NC[C@@](O)(c2ccccc2)C2CC2)c1. The van der Waals surface area contributed by atoms with E-state index in [0.717, 1.165) is 24.1 Å². The predicted octanol–water partition coefficient (Wildman–Crippen LogP) is 2.78. The molecule has 4 nitrogen and oxygen atoms in total. The van der Waals surface area contributed by atoms with Gasteiger partial charge in [-0.1, -0.05) is 36.4 Å². The summed E-state index contributed by atoms with van der Waals surface area (Å²) in [5.74, 6) is 0.0574. The average molecular weight is 324 g/mol. The third-order valence-electron chi connectivity index (χ3n) is 4.67. The molecule has 1 amide bonds. The van der Waals surface area contributed by atoms with Crippen LogP contribution in [0, 0.1) is 5.92 Å². The van der Waals surface area contributed by atoms with Gasteiger partial charge in [0.05, 0.1) is 6.54 Å². The van der Waals surface area contributed by atoms with Crippen molar-refractivity contribution in [1.82, 2.24) is 5.32 Å². The molecule has 1 aliphatic rings. The fraction of sp³-hybridized carbons (Fsp3) is 0.350. The normalized spacial score (nSPS) is 16.3. The fourth-order valence-electron chi connectivity index (χ4n) is 3.01. The lowest BCUT2D eigenvalue weighted by molar-refractivity contribution is 0.0135. The monoisotopic (exact) mass is 324 g/mol. The molecule has 0 unspecified atom stereocenters. The highest BCUT2D eigenvalue weighted by Crippen LogP contribution is 2.45. The van der Waals surface area contributed by atoms with Gasteiger partial charge in [-0.3, -0.25) is 4.79 Å². The second-order valence-electron chi connectivity index (χ2n) is 6.69. The van der Waals surface area contributed by atoms with Crippen LogP contribution in [0.2, 0.25) is 0 Å². The Morgan fingerprint density at radius 2 is 1.88 bits per heavy atom. The Morgan fingerprint density at radius 3 is 2.50 bits per heavy atom. The predicted molar refractivity (Wildman–Crippen MR) is 96.2 cm³/mol. The zero-order valence-corrected chi connectivity index (χ0v) is 14.2. The van der Waals surface area contributed by atoms with Gasteiger partial charge in [-0.25, -0.2) is 0 Å². The van der Waals surface area contributed by atoms with Gasteiger partial charge in [-0.15, -0.1) is 0 Å². The Kier molecular flexibility index (Phi) is 4.58. The maximum atomic E-state index is 12.5. The number of amides is 1. The van der Waals surface area contributed by atoms with Crippen LogP contribution in [-0.2, 0) is 5.60 Å². The average Bonchev–Trinajstić information content (AvgIpc) is 3.46. The molecular weight excluding hydrogens is 300 g/mol. The van der Waals surface area contributed by atoms with Crippen LogP contribution >= 0.6 is 0 Å². The molecule has 126 valence electrons. The Labute approximate surface area is 143 Å². The van der Waals surface area contributed by atoms with Gasteiger partial charge in [-0.2, -0.15) is 0 Å². The van der Waals surface area contributed by atoms with E-state index in [9.17, 15) is 9.90 Å². The summed E-state index contributed by atoms with van der Waals surface area (Å²) in [7, 11) is 3.89. The lowest BCUT2D eigenvalue weighted by Crippen LogP contribution is -2.42. The highest BCUT2D eigenvalue weighted by molar-refractivity contribution is 5.95. The molecule has 24 heavy (non-hydrogen) atoms. The summed E-state index contributed by atoms with van der Waals surface area (Å²) in [5, 5.41) is 14.1. The molecule has 2 N–H and O–H groups in total. The van der Waals surface area contributed by atoms with Gasteiger partial charge in [0.25, 0.3) is 5.91 Å². The van der Waals surface area contributed by atoms with E-state index in [1.54, 1.807) is 6.07 Å². The third kappa shape index (κ3) is 3.44. The number of carbonyl (C=O) groups excluding carboxylic acids is 1. The Bertz CT molecular complexity index is 711. The van der Waals surface area contributed by atoms with Crippen LogP contribution in [0.15, 0.2) is 54.6 Å². The van der Waals surface area contributed by atoms with Crippen LogP contribution in [0.25, 0.3) is 0 Å². The second-order valence-corrected chi connectivity index (χ2v) is 6.69. The number of nitrogens with zero attached hydrogens (tertiary/aromatic N) is 1. The first-order valence-corrected chi connectivity index (χ1v) is 8.34. The minimum Gasteiger partial charge on any atom is -0.383 e. The van der Waals surface area contributed by atoms with Crippen molar-refractivity contribution >= 4 is 11.6 Å². The van der Waals surface area contributed by atoms with Crippen molar-refractivity contribution in [3.63, 3.8) is 0 Å². The maximum Gasteiger partial charge on any atom is 0.251 e. The molecule has 0 bridgehead atoms. The lowest BCUT2D eigenvalue weighted by Gasteiger charge is -2.29. The van der Waals surface area contributed by atoms with Crippen molar-refractivity contribution in [2.45, 2.75) is 18.4 Å². The first-order valence-electron chi connectivity index (χ1n) is 8.34. The van der Waals surface area contributed by atoms with Gasteiger partial charge in [0, 0.05) is 25.3 Å². The topological polar surface area (TPSA) is 52.6 Å². The summed E-state index contributed by atoms with van der Waals surface area (Å²) in [4.78, 5) is 14.5. The standard InChI is InChI=1S/C20H24N2O2/c1-22(2)18-10-6-7-15(13-18)19(23)21-14-20(24,17-11-12-17)16-8-4-3-5-9-16/h3-10,13,17,24H,11-12,14H2,1-2H3,(H,21,23)/t20-/m1/s1. The van der Waals surface area contributed by atoms with Gasteiger partial charge in [0.1, 0.15) is 5.60 Å². The molecule has 0 spiro atoms. The van der Waals surface area contributed by atoms with E-state index in [0.29, 0.717) is 5.56 Å². The molecule has 1 fully saturated rings. The number of carbonyl (C=O) groups is 1. The van der Waals surface area contributed by atoms with E-state index in [-0.39, 0.29) is 18.4 Å². The van der Waals surface area contributed by atoms with Gasteiger partial charge < -0.3 is 15.3 Å². The first kappa shape index (κ1) is 16.5. The Morgan fingerprint density at radius 1 is 1.17 bits per heavy atom. The first-order chi connectivity index (χ1) is 11.5. The molecule has 1 aliphatic carbocycles. The van der Waals surface area contributed by atoms with E-state index >= 15 is 0 Å². The maximum absolute atomic E-state index is 12.5. The van der Waals surface area contributed by atoms with Crippen molar-refractivity contribution in [1.29, 1.82) is 0 Å². The van der Waals surface area contributed by atoms with E-state index in [2.05, 4.69) is 5.32 Å². The van der Waals surface area contributed by atoms with Gasteiger partial charge in [-0.05, 0) is 42.5 Å². The smallest absolute Gasteiger partial charge is 0.251 e. The minimum atomic E-state index is -0.990. The fourth-order valence-corrected chi connectivity index (χ4v) is 3.01. The van der Waals surface area contributed by atoms with Crippen molar-refractivity contribution in [2.75, 3.05) is 25.5 Å². The Balaban J connectivity index is 1.73. The number of anilines is 1. The number of benzene rings is 2. The van der Waals surface area contributed by atoms with E-state index in [4.69, 9.17) is 0 Å². The number of aliphatic hydroxyl groups is 1. The summed E-state index contributed by atoms with van der Waals surface area (Å²) < 4.78 is 0. The molecule has 0 saturated heterocycles. The largest absolute Gasteiger partial charge is 0.383 e. The Hall–Kier alpha value is -2.33. The molecule has 0 radical (unpaired) electrons. The van der Waals surface area contributed by atoms with Crippen LogP contribution in [-0.4, -0.2) is 31.7 Å². The van der Waals surface area contributed by atoms with Gasteiger partial charge in [0.2, 0.25) is 0 Å². The molecule has 4 heteroatoms. The van der Waals surface area contributed by atoms with Crippen molar-refractivity contribution < 1.29 is 9.90 Å². The minimum absolute atomic E-state index is 0.159. The van der Waals surface area contributed by atoms with Crippen LogP contribution in [0.3, 0.4) is 0 Å². The van der Waals surface area contributed by atoms with Gasteiger partial charge >= 0.3 is 0 Å². The van der Waals surface area contributed by atoms with E-state index < -0.39 is 5.60 Å².